The molecular weight excluding hydrogens is 350 g/mol. The highest BCUT2D eigenvalue weighted by Gasteiger charge is 2.37. The molecule has 134 valence electrons. The first kappa shape index (κ1) is 18.2. The molecule has 0 saturated heterocycles. The van der Waals surface area contributed by atoms with E-state index in [1.807, 2.05) is 18.2 Å². The monoisotopic (exact) mass is 369 g/mol. The molecule has 0 bridgehead atoms. The minimum Gasteiger partial charge on any atom is -0.480 e. The predicted octanol–water partition coefficient (Wildman–Crippen LogP) is 3.38. The van der Waals surface area contributed by atoms with Crippen molar-refractivity contribution in [3.8, 4) is 0 Å². The van der Waals surface area contributed by atoms with Gasteiger partial charge < -0.3 is 5.11 Å². The minimum absolute atomic E-state index is 0.205. The number of aliphatic carboxylic acids is 1. The lowest BCUT2D eigenvalue weighted by atomic mass is 9.95. The lowest BCUT2D eigenvalue weighted by Gasteiger charge is -2.36. The number of carboxylic acid groups (broad SMARTS) is 1. The summed E-state index contributed by atoms with van der Waals surface area (Å²) < 4.78 is 0. The van der Waals surface area contributed by atoms with E-state index in [1.165, 1.54) is 4.90 Å². The molecule has 0 saturated carbocycles. The largest absolute Gasteiger partial charge is 0.480 e. The molecular formula is C20H19NO4S. The second-order valence-electron chi connectivity index (χ2n) is 6.14. The first-order valence-electron chi connectivity index (χ1n) is 8.39. The van der Waals surface area contributed by atoms with Crippen LogP contribution in [0.2, 0.25) is 0 Å². The fourth-order valence-corrected chi connectivity index (χ4v) is 3.91. The number of carboxylic acids is 1. The van der Waals surface area contributed by atoms with Gasteiger partial charge in [-0.3, -0.25) is 14.5 Å². The minimum atomic E-state index is -1.03. The molecule has 1 heterocycles. The summed E-state index contributed by atoms with van der Waals surface area (Å²) >= 11 is 0.920. The van der Waals surface area contributed by atoms with Crippen molar-refractivity contribution in [1.29, 1.82) is 0 Å². The molecule has 3 rings (SSSR count). The Bertz CT molecular complexity index is 837. The number of aryl methyl sites for hydroxylation is 1. The molecule has 1 amide bonds. The molecule has 6 heteroatoms. The zero-order valence-corrected chi connectivity index (χ0v) is 15.1. The number of benzene rings is 2. The Balaban J connectivity index is 1.84. The van der Waals surface area contributed by atoms with Gasteiger partial charge in [0, 0.05) is 11.3 Å². The fraction of sp³-hybridized carbons (Fsp3) is 0.250. The molecule has 1 aliphatic heterocycles. The van der Waals surface area contributed by atoms with Crippen LogP contribution in [-0.4, -0.2) is 33.4 Å². The van der Waals surface area contributed by atoms with Gasteiger partial charge in [0.15, 0.2) is 0 Å². The second kappa shape index (κ2) is 7.74. The standard InChI is InChI=1S/C20H19NO4S/c1-13(26-20(25)15-8-3-2-4-9-15)18(22)21-16-10-6-5-7-14(16)11-12-17(21)19(23)24/h2-10,13,17H,11-12H2,1H3,(H,23,24)/t13-,17-/m1/s1. The van der Waals surface area contributed by atoms with Crippen LogP contribution in [0.15, 0.2) is 54.6 Å². The Morgan fingerprint density at radius 1 is 1.08 bits per heavy atom. The lowest BCUT2D eigenvalue weighted by molar-refractivity contribution is -0.140. The van der Waals surface area contributed by atoms with E-state index in [0.29, 0.717) is 24.1 Å². The Kier molecular flexibility index (Phi) is 5.42. The molecule has 0 aliphatic carbocycles. The molecule has 1 N–H and O–H groups in total. The summed E-state index contributed by atoms with van der Waals surface area (Å²) in [6.07, 6.45) is 0.976. The SMILES string of the molecule is C[C@@H](SC(=O)c1ccccc1)C(=O)N1c2ccccc2CC[C@@H]1C(=O)O. The van der Waals surface area contributed by atoms with Crippen LogP contribution < -0.4 is 4.90 Å². The van der Waals surface area contributed by atoms with Crippen LogP contribution in [0.4, 0.5) is 5.69 Å². The van der Waals surface area contributed by atoms with Crippen molar-refractivity contribution < 1.29 is 19.5 Å². The normalized spacial score (nSPS) is 17.3. The number of carbonyl (C=O) groups excluding carboxylic acids is 2. The zero-order valence-electron chi connectivity index (χ0n) is 14.3. The first-order chi connectivity index (χ1) is 12.5. The topological polar surface area (TPSA) is 74.7 Å². The Morgan fingerprint density at radius 2 is 1.73 bits per heavy atom. The molecule has 2 aromatic rings. The van der Waals surface area contributed by atoms with Crippen LogP contribution in [0.3, 0.4) is 0 Å². The molecule has 0 radical (unpaired) electrons. The van der Waals surface area contributed by atoms with Crippen LogP contribution in [-0.2, 0) is 16.0 Å². The summed E-state index contributed by atoms with van der Waals surface area (Å²) in [5.41, 5.74) is 2.09. The van der Waals surface area contributed by atoms with Crippen LogP contribution >= 0.6 is 11.8 Å². The van der Waals surface area contributed by atoms with Crippen LogP contribution in [0.5, 0.6) is 0 Å². The second-order valence-corrected chi connectivity index (χ2v) is 7.46. The highest BCUT2D eigenvalue weighted by Crippen LogP contribution is 2.33. The Hall–Kier alpha value is -2.60. The average Bonchev–Trinajstić information content (AvgIpc) is 2.66. The highest BCUT2D eigenvalue weighted by molar-refractivity contribution is 8.15. The predicted molar refractivity (Wildman–Crippen MR) is 101 cm³/mol. The van der Waals surface area contributed by atoms with Gasteiger partial charge in [0.25, 0.3) is 0 Å². The summed E-state index contributed by atoms with van der Waals surface area (Å²) in [5.74, 6) is -1.39. The number of fused-ring (bicyclic) bond motifs is 1. The first-order valence-corrected chi connectivity index (χ1v) is 9.27. The number of anilines is 1. The van der Waals surface area contributed by atoms with Gasteiger partial charge in [-0.1, -0.05) is 60.3 Å². The summed E-state index contributed by atoms with van der Waals surface area (Å²) in [6, 6.07) is 15.2. The quantitative estimate of drug-likeness (QED) is 0.894. The number of para-hydroxylation sites is 1. The van der Waals surface area contributed by atoms with Crippen molar-refractivity contribution >= 4 is 34.4 Å². The maximum Gasteiger partial charge on any atom is 0.326 e. The Labute approximate surface area is 156 Å². The Morgan fingerprint density at radius 3 is 2.42 bits per heavy atom. The van der Waals surface area contributed by atoms with Crippen molar-refractivity contribution in [2.45, 2.75) is 31.1 Å². The number of amides is 1. The molecule has 0 spiro atoms. The zero-order chi connectivity index (χ0) is 18.7. The van der Waals surface area contributed by atoms with Crippen LogP contribution in [0.25, 0.3) is 0 Å². The van der Waals surface area contributed by atoms with E-state index in [4.69, 9.17) is 0 Å². The van der Waals surface area contributed by atoms with E-state index in [1.54, 1.807) is 43.3 Å². The highest BCUT2D eigenvalue weighted by atomic mass is 32.2. The van der Waals surface area contributed by atoms with Gasteiger partial charge >= 0.3 is 5.97 Å². The van der Waals surface area contributed by atoms with Gasteiger partial charge in [-0.15, -0.1) is 0 Å². The van der Waals surface area contributed by atoms with Gasteiger partial charge in [0.1, 0.15) is 6.04 Å². The molecule has 0 aromatic heterocycles. The number of hydrogen-bond donors (Lipinski definition) is 1. The maximum absolute atomic E-state index is 13.0. The van der Waals surface area contributed by atoms with Crippen molar-refractivity contribution in [1.82, 2.24) is 0 Å². The van der Waals surface area contributed by atoms with E-state index in [0.717, 1.165) is 17.3 Å². The van der Waals surface area contributed by atoms with E-state index >= 15 is 0 Å². The van der Waals surface area contributed by atoms with Crippen molar-refractivity contribution in [3.05, 3.63) is 65.7 Å². The molecule has 0 fully saturated rings. The molecule has 0 unspecified atom stereocenters. The van der Waals surface area contributed by atoms with Crippen LogP contribution in [0.1, 0.15) is 29.3 Å². The third kappa shape index (κ3) is 3.65. The molecule has 2 aromatic carbocycles. The fourth-order valence-electron chi connectivity index (χ4n) is 3.10. The van der Waals surface area contributed by atoms with Gasteiger partial charge in [0.05, 0.1) is 5.25 Å². The molecule has 26 heavy (non-hydrogen) atoms. The van der Waals surface area contributed by atoms with Crippen molar-refractivity contribution in [2.75, 3.05) is 4.90 Å². The number of nitrogens with zero attached hydrogens (tertiary/aromatic N) is 1. The third-order valence-electron chi connectivity index (χ3n) is 4.41. The molecule has 5 nitrogen and oxygen atoms in total. The van der Waals surface area contributed by atoms with Gasteiger partial charge in [-0.2, -0.15) is 0 Å². The van der Waals surface area contributed by atoms with E-state index < -0.39 is 17.3 Å². The molecule has 2 atom stereocenters. The van der Waals surface area contributed by atoms with E-state index in [9.17, 15) is 19.5 Å². The summed E-state index contributed by atoms with van der Waals surface area (Å²) in [7, 11) is 0. The van der Waals surface area contributed by atoms with E-state index in [-0.39, 0.29) is 11.0 Å². The van der Waals surface area contributed by atoms with E-state index in [2.05, 4.69) is 0 Å². The summed E-state index contributed by atoms with van der Waals surface area (Å²) in [4.78, 5) is 38.4. The maximum atomic E-state index is 13.0. The number of rotatable bonds is 4. The van der Waals surface area contributed by atoms with Gasteiger partial charge in [0.2, 0.25) is 11.0 Å². The van der Waals surface area contributed by atoms with Crippen molar-refractivity contribution in [3.63, 3.8) is 0 Å². The lowest BCUT2D eigenvalue weighted by Crippen LogP contribution is -2.50. The van der Waals surface area contributed by atoms with Crippen molar-refractivity contribution in [2.24, 2.45) is 0 Å². The average molecular weight is 369 g/mol. The third-order valence-corrected chi connectivity index (χ3v) is 5.42. The summed E-state index contributed by atoms with van der Waals surface area (Å²) in [6.45, 7) is 1.64. The number of carbonyl (C=O) groups is 3. The number of hydrogen-bond acceptors (Lipinski definition) is 4. The summed E-state index contributed by atoms with van der Waals surface area (Å²) in [5, 5.41) is 8.67. The smallest absolute Gasteiger partial charge is 0.326 e. The van der Waals surface area contributed by atoms with Crippen LogP contribution in [0, 0.1) is 0 Å². The number of thioether (sulfide) groups is 1. The van der Waals surface area contributed by atoms with Gasteiger partial charge in [-0.05, 0) is 31.4 Å². The molecule has 1 aliphatic rings. The van der Waals surface area contributed by atoms with Gasteiger partial charge in [-0.25, -0.2) is 4.79 Å².